The molecule has 0 heterocycles. The molecule has 6 nitrogen and oxygen atoms in total. The minimum atomic E-state index is -1.10. The van der Waals surface area contributed by atoms with Crippen molar-refractivity contribution < 1.29 is 24.2 Å². The Balaban J connectivity index is 2.11. The van der Waals surface area contributed by atoms with E-state index in [-0.39, 0.29) is 18.7 Å². The molecule has 1 aliphatic carbocycles. The van der Waals surface area contributed by atoms with Crippen LogP contribution >= 0.6 is 0 Å². The first-order chi connectivity index (χ1) is 10.6. The first kappa shape index (κ1) is 17.0. The van der Waals surface area contributed by atoms with Gasteiger partial charge in [-0.1, -0.05) is 12.1 Å². The Kier molecular flexibility index (Phi) is 4.45. The monoisotopic (exact) mass is 319 g/mol. The summed E-state index contributed by atoms with van der Waals surface area (Å²) in [5, 5.41) is 9.06. The maximum Gasteiger partial charge on any atom is 0.410 e. The van der Waals surface area contributed by atoms with Crippen LogP contribution < -0.4 is 0 Å². The van der Waals surface area contributed by atoms with Crippen molar-refractivity contribution >= 4 is 17.8 Å². The molecule has 0 saturated heterocycles. The zero-order valence-corrected chi connectivity index (χ0v) is 13.8. The van der Waals surface area contributed by atoms with Gasteiger partial charge in [-0.15, -0.1) is 0 Å². The molecule has 1 amide bonds. The van der Waals surface area contributed by atoms with Crippen LogP contribution in [0.15, 0.2) is 18.2 Å². The van der Waals surface area contributed by atoms with Gasteiger partial charge >= 0.3 is 12.1 Å². The Bertz CT molecular complexity index is 659. The molecule has 1 aliphatic rings. The van der Waals surface area contributed by atoms with Crippen molar-refractivity contribution in [2.45, 2.75) is 39.3 Å². The van der Waals surface area contributed by atoms with E-state index < -0.39 is 23.6 Å². The highest BCUT2D eigenvalue weighted by Gasteiger charge is 2.35. The average molecular weight is 319 g/mol. The molecule has 0 bridgehead atoms. The number of rotatable bonds is 3. The van der Waals surface area contributed by atoms with Crippen molar-refractivity contribution in [3.8, 4) is 0 Å². The quantitative estimate of drug-likeness (QED) is 0.865. The third kappa shape index (κ3) is 3.88. The fraction of sp³-hybridized carbons (Fsp3) is 0.471. The zero-order valence-electron chi connectivity index (χ0n) is 13.8. The number of Topliss-reactive ketones (excluding diaryl/α,β-unsaturated/α-hetero) is 1. The standard InChI is InChI=1S/C17H21NO5/c1-17(2,3)23-16(22)18(4)9-10-5-6-11-8-13(15(20)21)14(19)12(11)7-10/h5-7,13H,8-9H2,1-4H3,(H,20,21). The van der Waals surface area contributed by atoms with Crippen LogP contribution in [0.25, 0.3) is 0 Å². The molecule has 0 spiro atoms. The van der Waals surface area contributed by atoms with E-state index in [4.69, 9.17) is 9.84 Å². The first-order valence-corrected chi connectivity index (χ1v) is 7.41. The van der Waals surface area contributed by atoms with E-state index in [9.17, 15) is 14.4 Å². The molecule has 2 rings (SSSR count). The Hall–Kier alpha value is -2.37. The molecule has 1 aromatic rings. The van der Waals surface area contributed by atoms with Gasteiger partial charge < -0.3 is 14.7 Å². The molecule has 0 aromatic heterocycles. The van der Waals surface area contributed by atoms with Gasteiger partial charge in [0.2, 0.25) is 0 Å². The summed E-state index contributed by atoms with van der Waals surface area (Å²) >= 11 is 0. The number of nitrogens with zero attached hydrogens (tertiary/aromatic N) is 1. The molecular weight excluding hydrogens is 298 g/mol. The van der Waals surface area contributed by atoms with E-state index in [2.05, 4.69) is 0 Å². The minimum Gasteiger partial charge on any atom is -0.481 e. The van der Waals surface area contributed by atoms with Crippen LogP contribution in [0, 0.1) is 5.92 Å². The summed E-state index contributed by atoms with van der Waals surface area (Å²) in [5.41, 5.74) is 1.36. The molecule has 1 unspecified atom stereocenters. The molecular formula is C17H21NO5. The van der Waals surface area contributed by atoms with Gasteiger partial charge in [0, 0.05) is 19.2 Å². The molecule has 0 aliphatic heterocycles. The van der Waals surface area contributed by atoms with Gasteiger partial charge in [0.15, 0.2) is 5.78 Å². The van der Waals surface area contributed by atoms with Crippen LogP contribution in [0.5, 0.6) is 0 Å². The predicted octanol–water partition coefficient (Wildman–Crippen LogP) is 2.49. The van der Waals surface area contributed by atoms with Gasteiger partial charge in [0.1, 0.15) is 11.5 Å². The zero-order chi connectivity index (χ0) is 17.4. The summed E-state index contributed by atoms with van der Waals surface area (Å²) in [6, 6.07) is 5.23. The first-order valence-electron chi connectivity index (χ1n) is 7.41. The van der Waals surface area contributed by atoms with Gasteiger partial charge in [0.05, 0.1) is 0 Å². The van der Waals surface area contributed by atoms with Crippen LogP contribution in [0.2, 0.25) is 0 Å². The molecule has 1 N–H and O–H groups in total. The number of ether oxygens (including phenoxy) is 1. The number of carbonyl (C=O) groups is 3. The summed E-state index contributed by atoms with van der Waals surface area (Å²) in [7, 11) is 1.61. The molecule has 0 fully saturated rings. The lowest BCUT2D eigenvalue weighted by molar-refractivity contribution is -0.139. The average Bonchev–Trinajstić information content (AvgIpc) is 2.74. The number of ketones is 1. The van der Waals surface area contributed by atoms with Gasteiger partial charge in [0.25, 0.3) is 0 Å². The lowest BCUT2D eigenvalue weighted by Crippen LogP contribution is -2.33. The van der Waals surface area contributed by atoms with Crippen LogP contribution in [-0.4, -0.2) is 40.5 Å². The van der Waals surface area contributed by atoms with Crippen LogP contribution in [0.4, 0.5) is 4.79 Å². The second-order valence-corrected chi connectivity index (χ2v) is 6.79. The van der Waals surface area contributed by atoms with E-state index in [1.54, 1.807) is 46.0 Å². The number of carbonyl (C=O) groups excluding carboxylic acids is 2. The summed E-state index contributed by atoms with van der Waals surface area (Å²) in [5.74, 6) is -2.46. The fourth-order valence-electron chi connectivity index (χ4n) is 2.51. The summed E-state index contributed by atoms with van der Waals surface area (Å²) in [6.45, 7) is 5.66. The number of aliphatic carboxylic acids is 1. The van der Waals surface area contributed by atoms with Gasteiger partial charge in [-0.05, 0) is 44.4 Å². The number of benzene rings is 1. The highest BCUT2D eigenvalue weighted by molar-refractivity contribution is 6.11. The van der Waals surface area contributed by atoms with Crippen molar-refractivity contribution in [1.29, 1.82) is 0 Å². The Morgan fingerprint density at radius 1 is 1.35 bits per heavy atom. The summed E-state index contributed by atoms with van der Waals surface area (Å²) in [4.78, 5) is 36.6. The predicted molar refractivity (Wildman–Crippen MR) is 83.3 cm³/mol. The number of carboxylic acid groups (broad SMARTS) is 1. The summed E-state index contributed by atoms with van der Waals surface area (Å²) < 4.78 is 5.28. The Morgan fingerprint density at radius 2 is 2.00 bits per heavy atom. The number of fused-ring (bicyclic) bond motifs is 1. The third-order valence-electron chi connectivity index (χ3n) is 3.60. The van der Waals surface area contributed by atoms with Gasteiger partial charge in [-0.25, -0.2) is 4.79 Å². The molecule has 23 heavy (non-hydrogen) atoms. The van der Waals surface area contributed by atoms with Crippen molar-refractivity contribution in [2.24, 2.45) is 5.92 Å². The van der Waals surface area contributed by atoms with Gasteiger partial charge in [-0.3, -0.25) is 9.59 Å². The lowest BCUT2D eigenvalue weighted by atomic mass is 10.0. The van der Waals surface area contributed by atoms with Crippen LogP contribution in [0.1, 0.15) is 42.3 Å². The molecule has 1 aromatic carbocycles. The van der Waals surface area contributed by atoms with E-state index in [0.29, 0.717) is 5.56 Å². The van der Waals surface area contributed by atoms with Crippen molar-refractivity contribution in [1.82, 2.24) is 4.90 Å². The van der Waals surface area contributed by atoms with Crippen LogP contribution in [0.3, 0.4) is 0 Å². The number of amides is 1. The van der Waals surface area contributed by atoms with Crippen molar-refractivity contribution in [2.75, 3.05) is 7.05 Å². The Labute approximate surface area is 135 Å². The second-order valence-electron chi connectivity index (χ2n) is 6.79. The maximum absolute atomic E-state index is 12.1. The molecule has 0 radical (unpaired) electrons. The largest absolute Gasteiger partial charge is 0.481 e. The molecule has 124 valence electrons. The number of carboxylic acids is 1. The minimum absolute atomic E-state index is 0.228. The SMILES string of the molecule is CN(Cc1ccc2c(c1)C(=O)C(C(=O)O)C2)C(=O)OC(C)(C)C. The fourth-order valence-corrected chi connectivity index (χ4v) is 2.51. The maximum atomic E-state index is 12.1. The van der Waals surface area contributed by atoms with E-state index in [1.807, 2.05) is 0 Å². The number of hydrogen-bond donors (Lipinski definition) is 1. The second kappa shape index (κ2) is 6.02. The normalized spacial score (nSPS) is 16.9. The molecule has 0 saturated carbocycles. The molecule has 6 heteroatoms. The van der Waals surface area contributed by atoms with Gasteiger partial charge in [-0.2, -0.15) is 0 Å². The van der Waals surface area contributed by atoms with E-state index in [1.165, 1.54) is 4.90 Å². The number of hydrogen-bond acceptors (Lipinski definition) is 4. The third-order valence-corrected chi connectivity index (χ3v) is 3.60. The van der Waals surface area contributed by atoms with Crippen molar-refractivity contribution in [3.63, 3.8) is 0 Å². The summed E-state index contributed by atoms with van der Waals surface area (Å²) in [6.07, 6.45) is -0.223. The smallest absolute Gasteiger partial charge is 0.410 e. The van der Waals surface area contributed by atoms with Crippen molar-refractivity contribution in [3.05, 3.63) is 34.9 Å². The highest BCUT2D eigenvalue weighted by Crippen LogP contribution is 2.28. The van der Waals surface area contributed by atoms with Crippen LogP contribution in [-0.2, 0) is 22.5 Å². The highest BCUT2D eigenvalue weighted by atomic mass is 16.6. The van der Waals surface area contributed by atoms with E-state index in [0.717, 1.165) is 11.1 Å². The topological polar surface area (TPSA) is 83.9 Å². The lowest BCUT2D eigenvalue weighted by Gasteiger charge is -2.24. The van der Waals surface area contributed by atoms with E-state index >= 15 is 0 Å². The molecule has 1 atom stereocenters. The Morgan fingerprint density at radius 3 is 2.57 bits per heavy atom.